The monoisotopic (exact) mass is 440 g/mol. The predicted molar refractivity (Wildman–Crippen MR) is 133 cm³/mol. The summed E-state index contributed by atoms with van der Waals surface area (Å²) in [6.07, 6.45) is 10.8. The molecular formula is C26H36N2O2S. The van der Waals surface area contributed by atoms with Gasteiger partial charge in [-0.25, -0.2) is 15.0 Å². The first-order valence-corrected chi connectivity index (χ1v) is 13.7. The molecule has 2 aromatic carbocycles. The first-order chi connectivity index (χ1) is 14.6. The first kappa shape index (κ1) is 23.4. The minimum absolute atomic E-state index is 0.0502. The molecule has 0 bridgehead atoms. The van der Waals surface area contributed by atoms with E-state index in [1.54, 1.807) is 0 Å². The zero-order valence-corrected chi connectivity index (χ0v) is 20.5. The van der Waals surface area contributed by atoms with Crippen molar-refractivity contribution in [3.8, 4) is 17.1 Å². The van der Waals surface area contributed by atoms with E-state index in [-0.39, 0.29) is 5.41 Å². The van der Waals surface area contributed by atoms with E-state index in [4.69, 9.17) is 9.47 Å². The van der Waals surface area contributed by atoms with Gasteiger partial charge in [-0.3, -0.25) is 0 Å². The Labute approximate surface area is 188 Å². The fourth-order valence-electron chi connectivity index (χ4n) is 3.26. The zero-order chi connectivity index (χ0) is 22.5. The molecule has 0 N–H and O–H groups in total. The predicted octanol–water partition coefficient (Wildman–Crippen LogP) is 6.09. The number of nitrogens with zero attached hydrogens (tertiary/aromatic N) is 2. The van der Waals surface area contributed by atoms with Gasteiger partial charge >= 0.3 is 0 Å². The summed E-state index contributed by atoms with van der Waals surface area (Å²) in [4.78, 5) is 4.61. The quantitative estimate of drug-likeness (QED) is 0.378. The fourth-order valence-corrected chi connectivity index (χ4v) is 3.88. The average molecular weight is 441 g/mol. The number of hydrogen-bond donors (Lipinski definition) is 0. The van der Waals surface area contributed by atoms with Crippen molar-refractivity contribution in [3.05, 3.63) is 72.1 Å². The molecule has 0 atom stereocenters. The van der Waals surface area contributed by atoms with E-state index >= 15 is 0 Å². The number of rotatable bonds is 9. The summed E-state index contributed by atoms with van der Waals surface area (Å²) >= 11 is 0. The van der Waals surface area contributed by atoms with Crippen molar-refractivity contribution in [2.75, 3.05) is 31.1 Å². The van der Waals surface area contributed by atoms with Crippen LogP contribution in [-0.4, -0.2) is 40.7 Å². The van der Waals surface area contributed by atoms with Crippen LogP contribution in [0.3, 0.4) is 0 Å². The van der Waals surface area contributed by atoms with E-state index in [0.29, 0.717) is 13.3 Å². The lowest BCUT2D eigenvalue weighted by Crippen LogP contribution is -2.14. The molecule has 4 nitrogen and oxygen atoms in total. The van der Waals surface area contributed by atoms with E-state index in [9.17, 15) is 0 Å². The van der Waals surface area contributed by atoms with Crippen LogP contribution in [0, 0.1) is 0 Å². The normalized spacial score (nSPS) is 12.7. The first-order valence-electron chi connectivity index (χ1n) is 10.7. The lowest BCUT2D eigenvalue weighted by molar-refractivity contribution is 0.0907. The number of hydrogen-bond acceptors (Lipinski definition) is 3. The molecule has 0 fully saturated rings. The van der Waals surface area contributed by atoms with Crippen molar-refractivity contribution in [2.45, 2.75) is 39.5 Å². The van der Waals surface area contributed by atoms with Crippen LogP contribution in [0.15, 0.2) is 60.9 Å². The molecule has 0 unspecified atom stereocenters. The summed E-state index contributed by atoms with van der Waals surface area (Å²) < 4.78 is 14.2. The molecule has 5 heteroatoms. The maximum atomic E-state index is 6.21. The molecule has 3 rings (SSSR count). The van der Waals surface area contributed by atoms with Gasteiger partial charge in [0, 0.05) is 29.3 Å². The van der Waals surface area contributed by atoms with Crippen molar-refractivity contribution in [2.24, 2.45) is 0 Å². The van der Waals surface area contributed by atoms with Crippen LogP contribution in [0.25, 0.3) is 11.4 Å². The molecule has 168 valence electrons. The van der Waals surface area contributed by atoms with Gasteiger partial charge in [0.25, 0.3) is 0 Å². The SMILES string of the molecule is CC(C)(C)c1cc(-c2nccn2COCCS(C)(C)C)ccc1OCc1ccccc1. The van der Waals surface area contributed by atoms with Gasteiger partial charge < -0.3 is 14.0 Å². The highest BCUT2D eigenvalue weighted by atomic mass is 32.3. The van der Waals surface area contributed by atoms with E-state index < -0.39 is 10.0 Å². The summed E-state index contributed by atoms with van der Waals surface area (Å²) in [7, 11) is -0.544. The number of ether oxygens (including phenoxy) is 2. The molecule has 0 radical (unpaired) electrons. The Morgan fingerprint density at radius 1 is 1.00 bits per heavy atom. The maximum Gasteiger partial charge on any atom is 0.141 e. The lowest BCUT2D eigenvalue weighted by atomic mass is 9.85. The number of benzene rings is 2. The summed E-state index contributed by atoms with van der Waals surface area (Å²) in [6.45, 7) is 8.49. The van der Waals surface area contributed by atoms with Crippen molar-refractivity contribution < 1.29 is 9.47 Å². The molecule has 31 heavy (non-hydrogen) atoms. The molecular weight excluding hydrogens is 404 g/mol. The van der Waals surface area contributed by atoms with Gasteiger partial charge in [-0.05, 0) is 47.9 Å². The van der Waals surface area contributed by atoms with E-state index in [1.807, 2.05) is 30.6 Å². The molecule has 0 saturated heterocycles. The Bertz CT molecular complexity index is 969. The molecule has 3 aromatic rings. The van der Waals surface area contributed by atoms with Crippen LogP contribution in [0.5, 0.6) is 5.75 Å². The van der Waals surface area contributed by atoms with Crippen LogP contribution < -0.4 is 4.74 Å². The Balaban J connectivity index is 1.78. The molecule has 1 aromatic heterocycles. The average Bonchev–Trinajstić information content (AvgIpc) is 3.17. The third kappa shape index (κ3) is 6.88. The van der Waals surface area contributed by atoms with Gasteiger partial charge in [-0.1, -0.05) is 51.1 Å². The third-order valence-corrected chi connectivity index (χ3v) is 6.46. The van der Waals surface area contributed by atoms with Crippen LogP contribution in [0.2, 0.25) is 0 Å². The van der Waals surface area contributed by atoms with Crippen LogP contribution in [-0.2, 0) is 23.5 Å². The van der Waals surface area contributed by atoms with E-state index in [0.717, 1.165) is 35.1 Å². The van der Waals surface area contributed by atoms with E-state index in [1.165, 1.54) is 5.56 Å². The van der Waals surface area contributed by atoms with Gasteiger partial charge in [0.15, 0.2) is 0 Å². The van der Waals surface area contributed by atoms with Gasteiger partial charge in [0.05, 0.1) is 6.61 Å². The molecule has 0 aliphatic heterocycles. The minimum Gasteiger partial charge on any atom is -0.489 e. The molecule has 1 heterocycles. The second kappa shape index (κ2) is 9.92. The summed E-state index contributed by atoms with van der Waals surface area (Å²) in [5.74, 6) is 2.95. The van der Waals surface area contributed by atoms with Crippen molar-refractivity contribution in [1.29, 1.82) is 0 Å². The fraction of sp³-hybridized carbons (Fsp3) is 0.423. The van der Waals surface area contributed by atoms with Gasteiger partial charge in [0.2, 0.25) is 0 Å². The maximum absolute atomic E-state index is 6.21. The van der Waals surface area contributed by atoms with Gasteiger partial charge in [-0.2, -0.15) is 0 Å². The Kier molecular flexibility index (Phi) is 7.50. The second-order valence-electron chi connectivity index (χ2n) is 9.79. The topological polar surface area (TPSA) is 36.3 Å². The zero-order valence-electron chi connectivity index (χ0n) is 19.7. The summed E-state index contributed by atoms with van der Waals surface area (Å²) in [5, 5.41) is 0. The van der Waals surface area contributed by atoms with Crippen molar-refractivity contribution in [3.63, 3.8) is 0 Å². The molecule has 0 amide bonds. The highest BCUT2D eigenvalue weighted by Gasteiger charge is 2.21. The lowest BCUT2D eigenvalue weighted by Gasteiger charge is -2.25. The Morgan fingerprint density at radius 2 is 1.74 bits per heavy atom. The van der Waals surface area contributed by atoms with Crippen LogP contribution in [0.4, 0.5) is 0 Å². The number of imidazole rings is 1. The van der Waals surface area contributed by atoms with Crippen LogP contribution in [0.1, 0.15) is 31.9 Å². The Morgan fingerprint density at radius 3 is 2.42 bits per heavy atom. The highest BCUT2D eigenvalue weighted by molar-refractivity contribution is 8.32. The van der Waals surface area contributed by atoms with E-state index in [2.05, 4.69) is 79.4 Å². The second-order valence-corrected chi connectivity index (χ2v) is 14.4. The van der Waals surface area contributed by atoms with Gasteiger partial charge in [-0.15, -0.1) is 0 Å². The molecule has 0 spiro atoms. The Hall–Kier alpha value is -2.24. The standard InChI is InChI=1S/C26H36N2O2S/c1-26(2,3)23-18-22(12-13-24(23)30-19-21-10-8-7-9-11-21)25-27-14-15-28(25)20-29-16-17-31(4,5)6/h7-15,18H,16-17,19-20H2,1-6H3. The molecule has 0 aliphatic rings. The number of aromatic nitrogens is 2. The molecule has 0 saturated carbocycles. The minimum atomic E-state index is -0.544. The van der Waals surface area contributed by atoms with Gasteiger partial charge in [0.1, 0.15) is 24.9 Å². The summed E-state index contributed by atoms with van der Waals surface area (Å²) in [6, 6.07) is 16.6. The van der Waals surface area contributed by atoms with Crippen LogP contribution >= 0.6 is 10.0 Å². The smallest absolute Gasteiger partial charge is 0.141 e. The van der Waals surface area contributed by atoms with Crippen molar-refractivity contribution >= 4 is 10.0 Å². The highest BCUT2D eigenvalue weighted by Crippen LogP contribution is 2.36. The van der Waals surface area contributed by atoms with Crippen molar-refractivity contribution in [1.82, 2.24) is 9.55 Å². The largest absolute Gasteiger partial charge is 0.489 e. The summed E-state index contributed by atoms with van der Waals surface area (Å²) in [5.41, 5.74) is 3.36. The molecule has 0 aliphatic carbocycles. The third-order valence-electron chi connectivity index (χ3n) is 5.07.